The molecule has 0 aliphatic heterocycles. The quantitative estimate of drug-likeness (QED) is 0.0655. The number of unbranched alkanes of at least 4 members (excludes halogenated alkanes) is 21. The van der Waals surface area contributed by atoms with Crippen molar-refractivity contribution in [3.63, 3.8) is 0 Å². The van der Waals surface area contributed by atoms with E-state index < -0.39 is 0 Å². The van der Waals surface area contributed by atoms with E-state index in [2.05, 4.69) is 45.0 Å². The van der Waals surface area contributed by atoms with Crippen LogP contribution in [0.3, 0.4) is 0 Å². The number of hydrogen-bond acceptors (Lipinski definition) is 2. The molecule has 0 bridgehead atoms. The molecule has 0 aromatic rings. The molecular weight excluding hydrogens is 569 g/mol. The first kappa shape index (κ1) is 46.9. The smallest absolute Gasteiger partial charge is 0.000664 e. The van der Waals surface area contributed by atoms with Crippen molar-refractivity contribution in [1.82, 2.24) is 10.2 Å². The van der Waals surface area contributed by atoms with E-state index in [-0.39, 0.29) is 0 Å². The fourth-order valence-electron chi connectivity index (χ4n) is 7.97. The van der Waals surface area contributed by atoms with Gasteiger partial charge in [-0.05, 0) is 64.3 Å². The number of nitrogens with one attached hydrogen (secondary N) is 1. The molecule has 0 aliphatic carbocycles. The van der Waals surface area contributed by atoms with Gasteiger partial charge in [0.1, 0.15) is 0 Å². The average molecular weight is 663 g/mol. The molecule has 0 aromatic heterocycles. The normalized spacial score (nSPS) is 12.6. The lowest BCUT2D eigenvalue weighted by molar-refractivity contribution is 0.256. The monoisotopic (exact) mass is 663 g/mol. The Morgan fingerprint density at radius 2 is 0.617 bits per heavy atom. The highest BCUT2D eigenvalue weighted by Gasteiger charge is 2.10. The molecule has 2 nitrogen and oxygen atoms in total. The van der Waals surface area contributed by atoms with Gasteiger partial charge >= 0.3 is 0 Å². The van der Waals surface area contributed by atoms with E-state index in [9.17, 15) is 0 Å². The van der Waals surface area contributed by atoms with Gasteiger partial charge in [0.2, 0.25) is 0 Å². The van der Waals surface area contributed by atoms with Crippen LogP contribution >= 0.6 is 0 Å². The van der Waals surface area contributed by atoms with E-state index in [0.717, 1.165) is 18.4 Å². The van der Waals surface area contributed by atoms with Crippen LogP contribution in [0.5, 0.6) is 0 Å². The summed E-state index contributed by atoms with van der Waals surface area (Å²) in [4.78, 5) is 2.81. The first-order chi connectivity index (χ1) is 23.2. The van der Waals surface area contributed by atoms with E-state index in [1.807, 2.05) is 0 Å². The molecule has 0 saturated carbocycles. The van der Waals surface area contributed by atoms with Gasteiger partial charge in [-0.2, -0.15) is 0 Å². The Bertz CT molecular complexity index is 532. The number of rotatable bonds is 41. The molecule has 0 saturated heterocycles. The first-order valence-electron chi connectivity index (χ1n) is 22.6. The molecule has 1 unspecified atom stereocenters. The van der Waals surface area contributed by atoms with Crippen LogP contribution in [0.2, 0.25) is 0 Å². The van der Waals surface area contributed by atoms with E-state index in [1.54, 1.807) is 0 Å². The SMILES string of the molecule is CCCCCCCCC(CCCCCCCC)CCCCCCCN(CCCCCCCC(CCC)CCCCCC)CCCNC. The van der Waals surface area contributed by atoms with E-state index in [4.69, 9.17) is 0 Å². The van der Waals surface area contributed by atoms with Gasteiger partial charge in [-0.1, -0.05) is 227 Å². The Labute approximate surface area is 300 Å². The van der Waals surface area contributed by atoms with Crippen molar-refractivity contribution in [3.05, 3.63) is 0 Å². The summed E-state index contributed by atoms with van der Waals surface area (Å²) in [6.07, 6.45) is 49.4. The van der Waals surface area contributed by atoms with Crippen LogP contribution in [-0.4, -0.2) is 38.1 Å². The summed E-state index contributed by atoms with van der Waals surface area (Å²) in [6, 6.07) is 0. The minimum absolute atomic E-state index is 1.01. The molecule has 284 valence electrons. The van der Waals surface area contributed by atoms with Crippen LogP contribution in [-0.2, 0) is 0 Å². The van der Waals surface area contributed by atoms with Crippen molar-refractivity contribution in [1.29, 1.82) is 0 Å². The molecule has 0 radical (unpaired) electrons. The van der Waals surface area contributed by atoms with Gasteiger partial charge < -0.3 is 10.2 Å². The zero-order chi connectivity index (χ0) is 34.3. The Morgan fingerprint density at radius 3 is 0.979 bits per heavy atom. The van der Waals surface area contributed by atoms with Crippen molar-refractivity contribution in [3.8, 4) is 0 Å². The highest BCUT2D eigenvalue weighted by molar-refractivity contribution is 4.65. The second-order valence-electron chi connectivity index (χ2n) is 15.9. The molecule has 47 heavy (non-hydrogen) atoms. The van der Waals surface area contributed by atoms with Crippen LogP contribution < -0.4 is 5.32 Å². The van der Waals surface area contributed by atoms with Gasteiger partial charge in [0.05, 0.1) is 0 Å². The maximum Gasteiger partial charge on any atom is -0.000664 e. The van der Waals surface area contributed by atoms with E-state index >= 15 is 0 Å². The predicted molar refractivity (Wildman–Crippen MR) is 217 cm³/mol. The van der Waals surface area contributed by atoms with Crippen molar-refractivity contribution in [2.45, 2.75) is 246 Å². The summed E-state index contributed by atoms with van der Waals surface area (Å²) in [5.41, 5.74) is 0. The fourth-order valence-corrected chi connectivity index (χ4v) is 7.97. The molecule has 1 N–H and O–H groups in total. The third-order valence-corrected chi connectivity index (χ3v) is 11.2. The second kappa shape index (κ2) is 40.4. The Morgan fingerprint density at radius 1 is 0.319 bits per heavy atom. The summed E-state index contributed by atoms with van der Waals surface area (Å²) >= 11 is 0. The van der Waals surface area contributed by atoms with Crippen LogP contribution in [0.25, 0.3) is 0 Å². The second-order valence-corrected chi connectivity index (χ2v) is 15.9. The number of nitrogens with zero attached hydrogens (tertiary/aromatic N) is 1. The van der Waals surface area contributed by atoms with Crippen LogP contribution in [0.1, 0.15) is 246 Å². The van der Waals surface area contributed by atoms with Gasteiger partial charge in [0.25, 0.3) is 0 Å². The average Bonchev–Trinajstić information content (AvgIpc) is 3.08. The lowest BCUT2D eigenvalue weighted by atomic mass is 9.89. The zero-order valence-electron chi connectivity index (χ0n) is 34.0. The van der Waals surface area contributed by atoms with Gasteiger partial charge in [0.15, 0.2) is 0 Å². The summed E-state index contributed by atoms with van der Waals surface area (Å²) in [6.45, 7) is 14.5. The summed E-state index contributed by atoms with van der Waals surface area (Å²) < 4.78 is 0. The van der Waals surface area contributed by atoms with Crippen molar-refractivity contribution in [2.75, 3.05) is 33.2 Å². The molecule has 1 atom stereocenters. The molecule has 2 heteroatoms. The van der Waals surface area contributed by atoms with Crippen molar-refractivity contribution >= 4 is 0 Å². The van der Waals surface area contributed by atoms with Crippen LogP contribution in [0.4, 0.5) is 0 Å². The standard InChI is InChI=1S/C45H94N2/c1-6-10-13-16-20-28-37-45(38-29-21-17-14-11-7-2)39-30-23-19-25-32-42-47(43-33-40-46-5)41-31-24-18-22-27-36-44(34-9-4)35-26-15-12-8-3/h44-46H,6-43H2,1-5H3. The van der Waals surface area contributed by atoms with Gasteiger partial charge in [-0.15, -0.1) is 0 Å². The highest BCUT2D eigenvalue weighted by atomic mass is 15.1. The lowest BCUT2D eigenvalue weighted by Crippen LogP contribution is -2.29. The Kier molecular flexibility index (Phi) is 40.3. The molecule has 0 rings (SSSR count). The molecule has 0 amide bonds. The topological polar surface area (TPSA) is 15.3 Å². The van der Waals surface area contributed by atoms with Gasteiger partial charge in [-0.3, -0.25) is 0 Å². The van der Waals surface area contributed by atoms with E-state index in [0.29, 0.717) is 0 Å². The minimum atomic E-state index is 1.01. The Balaban J connectivity index is 4.18. The van der Waals surface area contributed by atoms with E-state index in [1.165, 1.54) is 238 Å². The number of hydrogen-bond donors (Lipinski definition) is 1. The van der Waals surface area contributed by atoms with Crippen molar-refractivity contribution in [2.24, 2.45) is 11.8 Å². The molecular formula is C45H94N2. The maximum absolute atomic E-state index is 3.37. The first-order valence-corrected chi connectivity index (χ1v) is 22.6. The third kappa shape index (κ3) is 35.5. The minimum Gasteiger partial charge on any atom is -0.320 e. The van der Waals surface area contributed by atoms with Crippen LogP contribution in [0, 0.1) is 11.8 Å². The molecule has 0 heterocycles. The molecule has 0 spiro atoms. The van der Waals surface area contributed by atoms with Gasteiger partial charge in [0, 0.05) is 0 Å². The van der Waals surface area contributed by atoms with Crippen molar-refractivity contribution < 1.29 is 0 Å². The Hall–Kier alpha value is -0.0800. The third-order valence-electron chi connectivity index (χ3n) is 11.2. The summed E-state index contributed by atoms with van der Waals surface area (Å²) in [5.74, 6) is 2.03. The summed E-state index contributed by atoms with van der Waals surface area (Å²) in [5, 5.41) is 3.37. The zero-order valence-corrected chi connectivity index (χ0v) is 34.0. The fraction of sp³-hybridized carbons (Fsp3) is 1.00. The molecule has 0 aliphatic rings. The van der Waals surface area contributed by atoms with Gasteiger partial charge in [-0.25, -0.2) is 0 Å². The lowest BCUT2D eigenvalue weighted by Gasteiger charge is -2.22. The predicted octanol–water partition coefficient (Wildman–Crippen LogP) is 15.1. The summed E-state index contributed by atoms with van der Waals surface area (Å²) in [7, 11) is 2.10. The molecule has 0 fully saturated rings. The molecule has 0 aromatic carbocycles. The highest BCUT2D eigenvalue weighted by Crippen LogP contribution is 2.25. The maximum atomic E-state index is 3.37. The largest absolute Gasteiger partial charge is 0.320 e. The van der Waals surface area contributed by atoms with Crippen LogP contribution in [0.15, 0.2) is 0 Å².